The molecule has 0 spiro atoms. The molecule has 0 aliphatic rings. The van der Waals surface area contributed by atoms with Gasteiger partial charge in [0.05, 0.1) is 0 Å². The first kappa shape index (κ1) is 16.8. The van der Waals surface area contributed by atoms with Crippen LogP contribution in [0.1, 0.15) is 59.3 Å². The average molecular weight is 424 g/mol. The van der Waals surface area contributed by atoms with Crippen LogP contribution >= 0.6 is 0 Å². The summed E-state index contributed by atoms with van der Waals surface area (Å²) in [7, 11) is 0. The molecule has 96 valence electrons. The minimum atomic E-state index is -2.65. The standard InChI is InChI=1S/3C4H9O.Tl/c3*1-2-3-4-5;/h3*2-4H2,1H3;/q3*-1;+3. The Kier molecular flexibility index (Phi) is 14.6. The van der Waals surface area contributed by atoms with Crippen LogP contribution in [0, 0.1) is 0 Å². The molecule has 0 unspecified atom stereocenters. The fourth-order valence-corrected chi connectivity index (χ4v) is 6.43. The first-order chi connectivity index (χ1) is 7.85. The molecular weight excluding hydrogens is 397 g/mol. The predicted molar refractivity (Wildman–Crippen MR) is 68.3 cm³/mol. The first-order valence-electron chi connectivity index (χ1n) is 6.69. The molecule has 4 heteroatoms. The summed E-state index contributed by atoms with van der Waals surface area (Å²) in [5.41, 5.74) is 0. The third kappa shape index (κ3) is 11.3. The number of rotatable bonds is 12. The zero-order chi connectivity index (χ0) is 12.1. The summed E-state index contributed by atoms with van der Waals surface area (Å²) in [5.74, 6) is 0. The Labute approximate surface area is 111 Å². The maximum atomic E-state index is 5.75. The zero-order valence-corrected chi connectivity index (χ0v) is 15.7. The van der Waals surface area contributed by atoms with Crippen LogP contribution in [0.15, 0.2) is 0 Å². The molecule has 0 aromatic rings. The summed E-state index contributed by atoms with van der Waals surface area (Å²) in [6.07, 6.45) is 6.86. The molecule has 0 heterocycles. The number of unbranched alkanes of at least 4 members (excludes halogenated alkanes) is 3. The van der Waals surface area contributed by atoms with Gasteiger partial charge in [-0.05, 0) is 0 Å². The van der Waals surface area contributed by atoms with Gasteiger partial charge in [0.1, 0.15) is 0 Å². The summed E-state index contributed by atoms with van der Waals surface area (Å²) >= 11 is -2.65. The molecule has 3 nitrogen and oxygen atoms in total. The van der Waals surface area contributed by atoms with Crippen molar-refractivity contribution in [2.45, 2.75) is 59.3 Å². The van der Waals surface area contributed by atoms with Gasteiger partial charge in [0.15, 0.2) is 0 Å². The molecule has 0 radical (unpaired) electrons. The van der Waals surface area contributed by atoms with Crippen LogP contribution in [-0.4, -0.2) is 43.9 Å². The maximum absolute atomic E-state index is 5.75. The molecule has 0 rings (SSSR count). The van der Waals surface area contributed by atoms with E-state index in [-0.39, 0.29) is 0 Å². The molecule has 0 aliphatic heterocycles. The molecule has 0 fully saturated rings. The van der Waals surface area contributed by atoms with Crippen molar-refractivity contribution in [2.75, 3.05) is 19.8 Å². The van der Waals surface area contributed by atoms with Gasteiger partial charge >= 0.3 is 111 Å². The summed E-state index contributed by atoms with van der Waals surface area (Å²) in [5, 5.41) is 0. The third-order valence-electron chi connectivity index (χ3n) is 2.26. The van der Waals surface area contributed by atoms with Crippen molar-refractivity contribution in [1.29, 1.82) is 0 Å². The van der Waals surface area contributed by atoms with Crippen molar-refractivity contribution in [3.63, 3.8) is 0 Å². The molecule has 0 bridgehead atoms. The van der Waals surface area contributed by atoms with E-state index in [2.05, 4.69) is 20.8 Å². The Balaban J connectivity index is 3.58. The normalized spacial score (nSPS) is 10.7. The van der Waals surface area contributed by atoms with E-state index in [4.69, 9.17) is 8.06 Å². The molecule has 0 aromatic heterocycles. The van der Waals surface area contributed by atoms with Gasteiger partial charge in [-0.2, -0.15) is 0 Å². The summed E-state index contributed by atoms with van der Waals surface area (Å²) in [6.45, 7) is 8.98. The minimum absolute atomic E-state index is 0.820. The van der Waals surface area contributed by atoms with Gasteiger partial charge < -0.3 is 0 Å². The van der Waals surface area contributed by atoms with Crippen LogP contribution in [0.5, 0.6) is 0 Å². The number of hydrogen-bond acceptors (Lipinski definition) is 3. The molecule has 0 aromatic carbocycles. The van der Waals surface area contributed by atoms with Gasteiger partial charge in [-0.15, -0.1) is 0 Å². The van der Waals surface area contributed by atoms with Crippen molar-refractivity contribution in [2.24, 2.45) is 0 Å². The average Bonchev–Trinajstić information content (AvgIpc) is 2.29. The van der Waals surface area contributed by atoms with E-state index in [1.165, 1.54) is 19.3 Å². The van der Waals surface area contributed by atoms with Gasteiger partial charge in [0.2, 0.25) is 0 Å². The second-order valence-corrected chi connectivity index (χ2v) is 10.1. The van der Waals surface area contributed by atoms with Crippen LogP contribution in [-0.2, 0) is 8.06 Å². The van der Waals surface area contributed by atoms with Gasteiger partial charge in [-0.1, -0.05) is 0 Å². The Hall–Kier alpha value is 0.802. The molecule has 16 heavy (non-hydrogen) atoms. The summed E-state index contributed by atoms with van der Waals surface area (Å²) in [4.78, 5) is 0. The van der Waals surface area contributed by atoms with Crippen molar-refractivity contribution >= 4 is 24.1 Å². The van der Waals surface area contributed by atoms with Gasteiger partial charge in [-0.3, -0.25) is 0 Å². The second kappa shape index (κ2) is 13.9. The number of hydrogen-bond donors (Lipinski definition) is 0. The van der Waals surface area contributed by atoms with Crippen molar-refractivity contribution in [1.82, 2.24) is 0 Å². The molecule has 0 atom stereocenters. The van der Waals surface area contributed by atoms with Crippen LogP contribution in [0.4, 0.5) is 0 Å². The SMILES string of the molecule is CCCC[O][Tl]([O]CCCC)[O]CCCC. The van der Waals surface area contributed by atoms with E-state index in [0.717, 1.165) is 39.1 Å². The van der Waals surface area contributed by atoms with Crippen LogP contribution < -0.4 is 0 Å². The van der Waals surface area contributed by atoms with Crippen LogP contribution in [0.2, 0.25) is 0 Å². The Morgan fingerprint density at radius 1 is 0.625 bits per heavy atom. The molecular formula is C12H27O3Tl. The summed E-state index contributed by atoms with van der Waals surface area (Å²) in [6, 6.07) is 0. The first-order valence-corrected chi connectivity index (χ1v) is 12.2. The fourth-order valence-electron chi connectivity index (χ4n) is 1.12. The molecule has 0 amide bonds. The van der Waals surface area contributed by atoms with Crippen LogP contribution in [0.25, 0.3) is 0 Å². The van der Waals surface area contributed by atoms with Gasteiger partial charge in [0, 0.05) is 0 Å². The Morgan fingerprint density at radius 3 is 1.19 bits per heavy atom. The monoisotopic (exact) mass is 424 g/mol. The van der Waals surface area contributed by atoms with E-state index in [1.54, 1.807) is 0 Å². The van der Waals surface area contributed by atoms with E-state index in [0.29, 0.717) is 0 Å². The Morgan fingerprint density at radius 2 is 0.938 bits per heavy atom. The Bertz CT molecular complexity index is 110. The molecule has 0 N–H and O–H groups in total. The summed E-state index contributed by atoms with van der Waals surface area (Å²) < 4.78 is 17.3. The van der Waals surface area contributed by atoms with E-state index in [9.17, 15) is 0 Å². The van der Waals surface area contributed by atoms with Crippen molar-refractivity contribution < 1.29 is 8.06 Å². The third-order valence-corrected chi connectivity index (χ3v) is 8.18. The van der Waals surface area contributed by atoms with Crippen molar-refractivity contribution in [3.05, 3.63) is 0 Å². The molecule has 0 saturated carbocycles. The van der Waals surface area contributed by atoms with E-state index < -0.39 is 24.1 Å². The van der Waals surface area contributed by atoms with E-state index in [1.807, 2.05) is 0 Å². The van der Waals surface area contributed by atoms with Gasteiger partial charge in [-0.25, -0.2) is 0 Å². The topological polar surface area (TPSA) is 27.7 Å². The predicted octanol–water partition coefficient (Wildman–Crippen LogP) is 3.42. The molecule has 0 aliphatic carbocycles. The quantitative estimate of drug-likeness (QED) is 0.356. The van der Waals surface area contributed by atoms with E-state index >= 15 is 0 Å². The van der Waals surface area contributed by atoms with Gasteiger partial charge in [0.25, 0.3) is 0 Å². The molecule has 0 saturated heterocycles. The zero-order valence-electron chi connectivity index (χ0n) is 11.2. The van der Waals surface area contributed by atoms with Crippen molar-refractivity contribution in [3.8, 4) is 0 Å². The van der Waals surface area contributed by atoms with Crippen LogP contribution in [0.3, 0.4) is 0 Å². The second-order valence-electron chi connectivity index (χ2n) is 3.96. The fraction of sp³-hybridized carbons (Fsp3) is 1.00.